The van der Waals surface area contributed by atoms with Gasteiger partial charge in [0.1, 0.15) is 4.90 Å². The van der Waals surface area contributed by atoms with E-state index in [1.165, 1.54) is 25.0 Å². The Balaban J connectivity index is 1.95. The molecule has 8 heteroatoms. The number of nitrogens with one attached hydrogen (secondary N) is 2. The topological polar surface area (TPSA) is 58.2 Å². The van der Waals surface area contributed by atoms with Crippen LogP contribution in [0.15, 0.2) is 17.0 Å². The SMILES string of the molecule is O=S(=O)(NCCCNC1CC1)c1c(Cl)cc(Cl)cc1Cl. The van der Waals surface area contributed by atoms with Gasteiger partial charge in [-0.05, 0) is 37.9 Å². The molecule has 20 heavy (non-hydrogen) atoms. The number of halogens is 3. The van der Waals surface area contributed by atoms with Crippen LogP contribution in [-0.4, -0.2) is 27.5 Å². The van der Waals surface area contributed by atoms with Crippen molar-refractivity contribution in [1.29, 1.82) is 0 Å². The minimum atomic E-state index is -3.72. The molecule has 0 heterocycles. The molecule has 0 amide bonds. The van der Waals surface area contributed by atoms with Gasteiger partial charge in [-0.1, -0.05) is 34.8 Å². The van der Waals surface area contributed by atoms with Crippen LogP contribution in [0.4, 0.5) is 0 Å². The lowest BCUT2D eigenvalue weighted by atomic mass is 10.4. The molecule has 1 aliphatic carbocycles. The molecule has 2 rings (SSSR count). The molecule has 1 saturated carbocycles. The molecule has 0 unspecified atom stereocenters. The summed E-state index contributed by atoms with van der Waals surface area (Å²) in [6.45, 7) is 1.12. The third-order valence-electron chi connectivity index (χ3n) is 2.89. The number of benzene rings is 1. The van der Waals surface area contributed by atoms with Crippen molar-refractivity contribution in [3.63, 3.8) is 0 Å². The first-order chi connectivity index (χ1) is 9.40. The summed E-state index contributed by atoms with van der Waals surface area (Å²) < 4.78 is 26.8. The molecule has 0 bridgehead atoms. The minimum absolute atomic E-state index is 0.0195. The van der Waals surface area contributed by atoms with Crippen molar-refractivity contribution in [1.82, 2.24) is 10.0 Å². The monoisotopic (exact) mass is 356 g/mol. The van der Waals surface area contributed by atoms with E-state index in [0.717, 1.165) is 6.54 Å². The number of hydrogen-bond donors (Lipinski definition) is 2. The van der Waals surface area contributed by atoms with Crippen LogP contribution >= 0.6 is 34.8 Å². The van der Waals surface area contributed by atoms with E-state index < -0.39 is 10.0 Å². The highest BCUT2D eigenvalue weighted by Gasteiger charge is 2.22. The van der Waals surface area contributed by atoms with Gasteiger partial charge in [-0.15, -0.1) is 0 Å². The quantitative estimate of drug-likeness (QED) is 0.737. The average Bonchev–Trinajstić information content (AvgIpc) is 3.10. The maximum atomic E-state index is 12.2. The Morgan fingerprint density at radius 1 is 1.10 bits per heavy atom. The summed E-state index contributed by atoms with van der Waals surface area (Å²) in [7, 11) is -3.72. The lowest BCUT2D eigenvalue weighted by molar-refractivity contribution is 0.573. The zero-order valence-corrected chi connectivity index (χ0v) is 13.7. The minimum Gasteiger partial charge on any atom is -0.314 e. The second-order valence-corrected chi connectivity index (χ2v) is 7.63. The van der Waals surface area contributed by atoms with Crippen molar-refractivity contribution in [2.24, 2.45) is 0 Å². The van der Waals surface area contributed by atoms with Crippen molar-refractivity contribution in [3.05, 3.63) is 27.2 Å². The van der Waals surface area contributed by atoms with Crippen LogP contribution in [0.25, 0.3) is 0 Å². The van der Waals surface area contributed by atoms with E-state index in [4.69, 9.17) is 34.8 Å². The third-order valence-corrected chi connectivity index (χ3v) is 5.49. The van der Waals surface area contributed by atoms with Gasteiger partial charge in [0.15, 0.2) is 0 Å². The summed E-state index contributed by atoms with van der Waals surface area (Å²) in [5.74, 6) is 0. The molecule has 1 aromatic carbocycles. The molecule has 0 aromatic heterocycles. The van der Waals surface area contributed by atoms with Crippen LogP contribution in [0.3, 0.4) is 0 Å². The van der Waals surface area contributed by atoms with Gasteiger partial charge in [0.05, 0.1) is 10.0 Å². The smallest absolute Gasteiger partial charge is 0.243 e. The molecular formula is C12H15Cl3N2O2S. The molecule has 1 aliphatic rings. The van der Waals surface area contributed by atoms with Crippen molar-refractivity contribution in [2.45, 2.75) is 30.2 Å². The molecule has 1 fully saturated rings. The maximum absolute atomic E-state index is 12.2. The van der Waals surface area contributed by atoms with Crippen molar-refractivity contribution in [3.8, 4) is 0 Å². The second-order valence-electron chi connectivity index (χ2n) is 4.68. The van der Waals surface area contributed by atoms with Crippen molar-refractivity contribution in [2.75, 3.05) is 13.1 Å². The first kappa shape index (κ1) is 16.3. The summed E-state index contributed by atoms with van der Waals surface area (Å²) in [6.07, 6.45) is 3.13. The zero-order chi connectivity index (χ0) is 14.8. The molecule has 1 aromatic rings. The summed E-state index contributed by atoms with van der Waals surface area (Å²) >= 11 is 17.6. The molecule has 0 atom stereocenters. The fourth-order valence-electron chi connectivity index (χ4n) is 1.75. The standard InChI is InChI=1S/C12H15Cl3N2O2S/c13-8-6-10(14)12(11(15)7-8)20(18,19)17-5-1-4-16-9-2-3-9/h6-7,9,16-17H,1-5H2. The van der Waals surface area contributed by atoms with E-state index in [0.29, 0.717) is 24.0 Å². The Morgan fingerprint density at radius 3 is 2.25 bits per heavy atom. The lowest BCUT2D eigenvalue weighted by Crippen LogP contribution is -2.28. The number of sulfonamides is 1. The van der Waals surface area contributed by atoms with E-state index in [1.54, 1.807) is 0 Å². The molecule has 0 saturated heterocycles. The fourth-order valence-corrected chi connectivity index (χ4v) is 4.36. The van der Waals surface area contributed by atoms with Crippen LogP contribution in [-0.2, 0) is 10.0 Å². The first-order valence-corrected chi connectivity index (χ1v) is 8.89. The van der Waals surface area contributed by atoms with Gasteiger partial charge in [0, 0.05) is 17.6 Å². The van der Waals surface area contributed by atoms with Gasteiger partial charge in [-0.25, -0.2) is 13.1 Å². The average molecular weight is 358 g/mol. The van der Waals surface area contributed by atoms with E-state index in [2.05, 4.69) is 10.0 Å². The highest BCUT2D eigenvalue weighted by Crippen LogP contribution is 2.32. The molecule has 2 N–H and O–H groups in total. The van der Waals surface area contributed by atoms with Crippen LogP contribution in [0.1, 0.15) is 19.3 Å². The summed E-state index contributed by atoms with van der Waals surface area (Å²) in [6, 6.07) is 3.34. The highest BCUT2D eigenvalue weighted by atomic mass is 35.5. The van der Waals surface area contributed by atoms with Gasteiger partial charge >= 0.3 is 0 Å². The van der Waals surface area contributed by atoms with Crippen LogP contribution in [0, 0.1) is 0 Å². The third kappa shape index (κ3) is 4.48. The number of rotatable bonds is 7. The highest BCUT2D eigenvalue weighted by molar-refractivity contribution is 7.89. The Hall–Kier alpha value is -0.0400. The second kappa shape index (κ2) is 6.81. The van der Waals surface area contributed by atoms with E-state index in [1.807, 2.05) is 0 Å². The van der Waals surface area contributed by atoms with Crippen molar-refractivity contribution >= 4 is 44.8 Å². The largest absolute Gasteiger partial charge is 0.314 e. The Morgan fingerprint density at radius 2 is 1.70 bits per heavy atom. The lowest BCUT2D eigenvalue weighted by Gasteiger charge is -2.10. The summed E-state index contributed by atoms with van der Waals surface area (Å²) in [5.41, 5.74) is 0. The molecule has 4 nitrogen and oxygen atoms in total. The van der Waals surface area contributed by atoms with Crippen LogP contribution in [0.2, 0.25) is 15.1 Å². The fraction of sp³-hybridized carbons (Fsp3) is 0.500. The molecule has 0 radical (unpaired) electrons. The van der Waals surface area contributed by atoms with Crippen molar-refractivity contribution < 1.29 is 8.42 Å². The van der Waals surface area contributed by atoms with Crippen LogP contribution < -0.4 is 10.0 Å². The van der Waals surface area contributed by atoms with Crippen LogP contribution in [0.5, 0.6) is 0 Å². The Labute approximate surface area is 133 Å². The zero-order valence-electron chi connectivity index (χ0n) is 10.6. The maximum Gasteiger partial charge on any atom is 0.243 e. The molecule has 0 spiro atoms. The van der Waals surface area contributed by atoms with Gasteiger partial charge in [0.2, 0.25) is 10.0 Å². The van der Waals surface area contributed by atoms with E-state index in [9.17, 15) is 8.42 Å². The van der Waals surface area contributed by atoms with Gasteiger partial charge in [-0.3, -0.25) is 0 Å². The summed E-state index contributed by atoms with van der Waals surface area (Å²) in [4.78, 5) is -0.125. The molecular weight excluding hydrogens is 343 g/mol. The molecule has 112 valence electrons. The molecule has 0 aliphatic heterocycles. The van der Waals surface area contributed by atoms with E-state index >= 15 is 0 Å². The van der Waals surface area contributed by atoms with Gasteiger partial charge in [-0.2, -0.15) is 0 Å². The number of hydrogen-bond acceptors (Lipinski definition) is 3. The predicted octanol–water partition coefficient (Wildman–Crippen LogP) is 3.07. The van der Waals surface area contributed by atoms with E-state index in [-0.39, 0.29) is 14.9 Å². The Bertz CT molecular complexity index is 565. The normalized spacial score (nSPS) is 15.6. The summed E-state index contributed by atoms with van der Waals surface area (Å²) in [5, 5.41) is 3.65. The first-order valence-electron chi connectivity index (χ1n) is 6.28. The predicted molar refractivity (Wildman–Crippen MR) is 82.3 cm³/mol. The van der Waals surface area contributed by atoms with Gasteiger partial charge < -0.3 is 5.32 Å². The Kier molecular flexibility index (Phi) is 5.56. The van der Waals surface area contributed by atoms with Gasteiger partial charge in [0.25, 0.3) is 0 Å².